The number of Topliss-reactive ketones (excluding diaryl/α,β-unsaturated/α-hetero) is 1. The number of likely N-dealkylation sites (N-methyl/N-ethyl adjacent to an activating group) is 1. The van der Waals surface area contributed by atoms with Gasteiger partial charge in [-0.05, 0) is 29.8 Å². The van der Waals surface area contributed by atoms with E-state index in [1.807, 2.05) is 19.1 Å². The van der Waals surface area contributed by atoms with Gasteiger partial charge in [-0.1, -0.05) is 43.3 Å². The molecule has 0 spiro atoms. The van der Waals surface area contributed by atoms with E-state index in [2.05, 4.69) is 41.0 Å². The lowest BCUT2D eigenvalue weighted by molar-refractivity contribution is 0.0860. The van der Waals surface area contributed by atoms with Crippen molar-refractivity contribution in [3.05, 3.63) is 47.5 Å². The maximum atomic E-state index is 12.8. The van der Waals surface area contributed by atoms with Gasteiger partial charge in [0.15, 0.2) is 5.78 Å². The highest BCUT2D eigenvalue weighted by Gasteiger charge is 2.20. The van der Waals surface area contributed by atoms with Gasteiger partial charge < -0.3 is 4.90 Å². The van der Waals surface area contributed by atoms with Crippen LogP contribution in [0.3, 0.4) is 0 Å². The quantitative estimate of drug-likeness (QED) is 0.810. The summed E-state index contributed by atoms with van der Waals surface area (Å²) in [7, 11) is 0. The topological polar surface area (TPSA) is 23.6 Å². The number of piperazine rings is 1. The molecule has 1 saturated heterocycles. The standard InChI is InChI=1S/C19H24N2O/c1-3-20-10-12-21(13-11-20)14-18(22)19-15(2)8-9-16-6-4-5-7-17(16)19/h4-9H,3,10-14H2,1-2H3. The van der Waals surface area contributed by atoms with E-state index >= 15 is 0 Å². The molecule has 3 rings (SSSR count). The van der Waals surface area contributed by atoms with Crippen molar-refractivity contribution in [3.8, 4) is 0 Å². The van der Waals surface area contributed by atoms with Crippen LogP contribution in [-0.2, 0) is 0 Å². The summed E-state index contributed by atoms with van der Waals surface area (Å²) >= 11 is 0. The summed E-state index contributed by atoms with van der Waals surface area (Å²) in [6.07, 6.45) is 0. The molecule has 1 aliphatic rings. The molecule has 22 heavy (non-hydrogen) atoms. The Balaban J connectivity index is 1.79. The highest BCUT2D eigenvalue weighted by molar-refractivity contribution is 6.10. The molecule has 3 nitrogen and oxygen atoms in total. The van der Waals surface area contributed by atoms with E-state index in [0.29, 0.717) is 6.54 Å². The van der Waals surface area contributed by atoms with Crippen LogP contribution in [0.15, 0.2) is 36.4 Å². The second kappa shape index (κ2) is 6.59. The second-order valence-electron chi connectivity index (χ2n) is 6.11. The lowest BCUT2D eigenvalue weighted by atomic mass is 9.96. The molecular formula is C19H24N2O. The van der Waals surface area contributed by atoms with Crippen molar-refractivity contribution in [1.29, 1.82) is 0 Å². The van der Waals surface area contributed by atoms with Crippen LogP contribution < -0.4 is 0 Å². The molecule has 0 saturated carbocycles. The van der Waals surface area contributed by atoms with Crippen molar-refractivity contribution in [3.63, 3.8) is 0 Å². The summed E-state index contributed by atoms with van der Waals surface area (Å²) in [4.78, 5) is 17.6. The van der Waals surface area contributed by atoms with E-state index in [1.165, 1.54) is 0 Å². The Hall–Kier alpha value is -1.71. The van der Waals surface area contributed by atoms with Crippen LogP contribution >= 0.6 is 0 Å². The minimum absolute atomic E-state index is 0.249. The summed E-state index contributed by atoms with van der Waals surface area (Å²) in [5.41, 5.74) is 1.98. The maximum absolute atomic E-state index is 12.8. The molecule has 3 heteroatoms. The molecule has 0 aliphatic carbocycles. The Kier molecular flexibility index (Phi) is 4.55. The molecule has 0 radical (unpaired) electrons. The zero-order chi connectivity index (χ0) is 15.5. The minimum atomic E-state index is 0.249. The van der Waals surface area contributed by atoms with E-state index in [1.54, 1.807) is 0 Å². The molecule has 0 unspecified atom stereocenters. The van der Waals surface area contributed by atoms with Crippen LogP contribution in [0.5, 0.6) is 0 Å². The number of carbonyl (C=O) groups excluding carboxylic acids is 1. The number of benzene rings is 2. The van der Waals surface area contributed by atoms with Gasteiger partial charge in [-0.25, -0.2) is 0 Å². The first-order valence-corrected chi connectivity index (χ1v) is 8.15. The molecule has 0 amide bonds. The number of ketones is 1. The van der Waals surface area contributed by atoms with Crippen molar-refractivity contribution < 1.29 is 4.79 Å². The molecule has 0 atom stereocenters. The van der Waals surface area contributed by atoms with Crippen LogP contribution in [0.25, 0.3) is 10.8 Å². The average molecular weight is 296 g/mol. The first kappa shape index (κ1) is 15.2. The first-order valence-electron chi connectivity index (χ1n) is 8.15. The number of rotatable bonds is 4. The van der Waals surface area contributed by atoms with Gasteiger partial charge in [-0.15, -0.1) is 0 Å². The van der Waals surface area contributed by atoms with E-state index in [9.17, 15) is 4.79 Å². The number of hydrogen-bond acceptors (Lipinski definition) is 3. The second-order valence-corrected chi connectivity index (χ2v) is 6.11. The minimum Gasteiger partial charge on any atom is -0.301 e. The summed E-state index contributed by atoms with van der Waals surface area (Å²) < 4.78 is 0. The highest BCUT2D eigenvalue weighted by Crippen LogP contribution is 2.23. The third kappa shape index (κ3) is 3.06. The Morgan fingerprint density at radius 3 is 2.41 bits per heavy atom. The van der Waals surface area contributed by atoms with E-state index in [0.717, 1.165) is 54.6 Å². The van der Waals surface area contributed by atoms with Gasteiger partial charge in [0.05, 0.1) is 6.54 Å². The lowest BCUT2D eigenvalue weighted by Gasteiger charge is -2.33. The van der Waals surface area contributed by atoms with Crippen LogP contribution in [0.2, 0.25) is 0 Å². The molecule has 0 aromatic heterocycles. The van der Waals surface area contributed by atoms with Crippen molar-refractivity contribution >= 4 is 16.6 Å². The third-order valence-electron chi connectivity index (χ3n) is 4.70. The predicted molar refractivity (Wildman–Crippen MR) is 91.6 cm³/mol. The summed E-state index contributed by atoms with van der Waals surface area (Å²) in [5, 5.41) is 2.23. The van der Waals surface area contributed by atoms with Crippen LogP contribution in [0.4, 0.5) is 0 Å². The zero-order valence-corrected chi connectivity index (χ0v) is 13.5. The van der Waals surface area contributed by atoms with Gasteiger partial charge >= 0.3 is 0 Å². The van der Waals surface area contributed by atoms with Crippen molar-refractivity contribution in [1.82, 2.24) is 9.80 Å². The van der Waals surface area contributed by atoms with Gasteiger partial charge in [0.1, 0.15) is 0 Å². The van der Waals surface area contributed by atoms with Crippen LogP contribution in [0, 0.1) is 6.92 Å². The van der Waals surface area contributed by atoms with E-state index in [4.69, 9.17) is 0 Å². The SMILES string of the molecule is CCN1CCN(CC(=O)c2c(C)ccc3ccccc23)CC1. The van der Waals surface area contributed by atoms with Gasteiger partial charge in [-0.3, -0.25) is 9.69 Å². The van der Waals surface area contributed by atoms with Crippen LogP contribution in [-0.4, -0.2) is 54.9 Å². The average Bonchev–Trinajstić information content (AvgIpc) is 2.55. The smallest absolute Gasteiger partial charge is 0.177 e. The van der Waals surface area contributed by atoms with Gasteiger partial charge in [0.25, 0.3) is 0 Å². The van der Waals surface area contributed by atoms with E-state index in [-0.39, 0.29) is 5.78 Å². The zero-order valence-electron chi connectivity index (χ0n) is 13.5. The Morgan fingerprint density at radius 1 is 1.00 bits per heavy atom. The number of hydrogen-bond donors (Lipinski definition) is 0. The molecule has 1 heterocycles. The number of nitrogens with zero attached hydrogens (tertiary/aromatic N) is 2. The van der Waals surface area contributed by atoms with Gasteiger partial charge in [0.2, 0.25) is 0 Å². The Labute approximate surface area is 132 Å². The van der Waals surface area contributed by atoms with E-state index < -0.39 is 0 Å². The molecule has 1 aliphatic heterocycles. The molecule has 2 aromatic rings. The molecule has 0 bridgehead atoms. The summed E-state index contributed by atoms with van der Waals surface area (Å²) in [6.45, 7) is 9.98. The monoisotopic (exact) mass is 296 g/mol. The fourth-order valence-electron chi connectivity index (χ4n) is 3.30. The third-order valence-corrected chi connectivity index (χ3v) is 4.70. The normalized spacial score (nSPS) is 17.0. The summed E-state index contributed by atoms with van der Waals surface area (Å²) in [5.74, 6) is 0.249. The highest BCUT2D eigenvalue weighted by atomic mass is 16.1. The first-order chi connectivity index (χ1) is 10.7. The Morgan fingerprint density at radius 2 is 1.68 bits per heavy atom. The van der Waals surface area contributed by atoms with Gasteiger partial charge in [0, 0.05) is 31.7 Å². The molecule has 1 fully saturated rings. The maximum Gasteiger partial charge on any atom is 0.177 e. The van der Waals surface area contributed by atoms with Gasteiger partial charge in [-0.2, -0.15) is 0 Å². The molecular weight excluding hydrogens is 272 g/mol. The van der Waals surface area contributed by atoms with Crippen molar-refractivity contribution in [2.75, 3.05) is 39.3 Å². The molecule has 2 aromatic carbocycles. The number of aryl methyl sites for hydroxylation is 1. The van der Waals surface area contributed by atoms with Crippen molar-refractivity contribution in [2.45, 2.75) is 13.8 Å². The number of fused-ring (bicyclic) bond motifs is 1. The largest absolute Gasteiger partial charge is 0.301 e. The van der Waals surface area contributed by atoms with Crippen LogP contribution in [0.1, 0.15) is 22.8 Å². The summed E-state index contributed by atoms with van der Waals surface area (Å²) in [6, 6.07) is 12.3. The Bertz CT molecular complexity index is 672. The fourth-order valence-corrected chi connectivity index (χ4v) is 3.30. The lowest BCUT2D eigenvalue weighted by Crippen LogP contribution is -2.47. The van der Waals surface area contributed by atoms with Crippen molar-refractivity contribution in [2.24, 2.45) is 0 Å². The molecule has 116 valence electrons. The number of carbonyl (C=O) groups is 1. The predicted octanol–water partition coefficient (Wildman–Crippen LogP) is 2.97. The fraction of sp³-hybridized carbons (Fsp3) is 0.421. The molecule has 0 N–H and O–H groups in total.